The molecule has 0 radical (unpaired) electrons. The number of carbonyl (C=O) groups is 1. The van der Waals surface area contributed by atoms with Gasteiger partial charge >= 0.3 is 5.97 Å². The zero-order chi connectivity index (χ0) is 20.5. The molecule has 0 aliphatic carbocycles. The number of carbonyl (C=O) groups excluding carboxylic acids is 1. The van der Waals surface area contributed by atoms with Gasteiger partial charge in [0.05, 0.1) is 28.1 Å². The molecule has 3 aromatic rings. The van der Waals surface area contributed by atoms with E-state index in [0.717, 1.165) is 16.6 Å². The van der Waals surface area contributed by atoms with Crippen molar-refractivity contribution in [1.29, 1.82) is 0 Å². The first-order valence-electron chi connectivity index (χ1n) is 9.51. The van der Waals surface area contributed by atoms with Crippen LogP contribution in [0.5, 0.6) is 0 Å². The lowest BCUT2D eigenvalue weighted by Gasteiger charge is -2.18. The van der Waals surface area contributed by atoms with E-state index in [4.69, 9.17) is 26.4 Å². The highest BCUT2D eigenvalue weighted by atomic mass is 35.5. The molecular formula is C23H17ClN4O2. The Morgan fingerprint density at radius 3 is 2.40 bits per heavy atom. The van der Waals surface area contributed by atoms with Crippen molar-refractivity contribution in [3.8, 4) is 0 Å². The zero-order valence-corrected chi connectivity index (χ0v) is 16.6. The molecule has 3 aromatic carbocycles. The van der Waals surface area contributed by atoms with E-state index >= 15 is 0 Å². The lowest BCUT2D eigenvalue weighted by atomic mass is 10.0. The number of rotatable bonds is 2. The molecular weight excluding hydrogens is 400 g/mol. The normalized spacial score (nSPS) is 20.6. The van der Waals surface area contributed by atoms with Gasteiger partial charge in [-0.3, -0.25) is 4.99 Å². The summed E-state index contributed by atoms with van der Waals surface area (Å²) in [6.07, 6.45) is 0.436. The summed E-state index contributed by atoms with van der Waals surface area (Å²) in [5.74, 6) is -0.480. The summed E-state index contributed by atoms with van der Waals surface area (Å²) in [5.41, 5.74) is 5.42. The summed E-state index contributed by atoms with van der Waals surface area (Å²) in [7, 11) is 0. The van der Waals surface area contributed by atoms with Crippen LogP contribution in [0.15, 0.2) is 100 Å². The van der Waals surface area contributed by atoms with E-state index in [1.165, 1.54) is 0 Å². The number of nitrogens with zero attached hydrogens (tertiary/aromatic N) is 3. The van der Waals surface area contributed by atoms with Gasteiger partial charge in [-0.1, -0.05) is 59.7 Å². The third-order valence-corrected chi connectivity index (χ3v) is 5.26. The molecule has 0 saturated carbocycles. The zero-order valence-electron chi connectivity index (χ0n) is 15.8. The molecule has 1 N–H and O–H groups in total. The third-order valence-electron chi connectivity index (χ3n) is 5.01. The van der Waals surface area contributed by atoms with Crippen LogP contribution >= 0.6 is 11.6 Å². The Morgan fingerprint density at radius 1 is 0.933 bits per heavy atom. The highest BCUT2D eigenvalue weighted by molar-refractivity contribution is 6.30. The second-order valence-corrected chi connectivity index (χ2v) is 7.38. The molecule has 30 heavy (non-hydrogen) atoms. The Kier molecular flexibility index (Phi) is 4.78. The molecule has 1 atom stereocenters. The Labute approximate surface area is 177 Å². The van der Waals surface area contributed by atoms with Crippen molar-refractivity contribution in [2.24, 2.45) is 9.98 Å². The summed E-state index contributed by atoms with van der Waals surface area (Å²) in [4.78, 5) is 27.6. The molecule has 2 heterocycles. The first-order chi connectivity index (χ1) is 14.7. The maximum absolute atomic E-state index is 12.7. The lowest BCUT2D eigenvalue weighted by Crippen LogP contribution is -2.29. The highest BCUT2D eigenvalue weighted by Crippen LogP contribution is 2.32. The Hall–Kier alpha value is -3.48. The van der Waals surface area contributed by atoms with Gasteiger partial charge in [0.15, 0.2) is 5.70 Å². The summed E-state index contributed by atoms with van der Waals surface area (Å²) in [5, 5.41) is 3.77. The van der Waals surface area contributed by atoms with Crippen LogP contribution in [0.4, 0.5) is 5.69 Å². The van der Waals surface area contributed by atoms with E-state index in [9.17, 15) is 4.79 Å². The second kappa shape index (κ2) is 7.74. The smallest absolute Gasteiger partial charge is 0.345 e. The molecule has 0 amide bonds. The number of fused-ring (bicyclic) bond motifs is 1. The predicted octanol–water partition coefficient (Wildman–Crippen LogP) is 3.42. The van der Waals surface area contributed by atoms with Gasteiger partial charge in [0.1, 0.15) is 0 Å². The molecule has 148 valence electrons. The molecule has 1 unspecified atom stereocenters. The topological polar surface area (TPSA) is 66.3 Å². The van der Waals surface area contributed by atoms with E-state index in [0.29, 0.717) is 28.2 Å². The third kappa shape index (κ3) is 3.47. The molecule has 6 nitrogen and oxygen atoms in total. The van der Waals surface area contributed by atoms with Crippen molar-refractivity contribution in [3.63, 3.8) is 0 Å². The van der Waals surface area contributed by atoms with Crippen LogP contribution in [0.25, 0.3) is 0 Å². The second-order valence-electron chi connectivity index (χ2n) is 6.95. The summed E-state index contributed by atoms with van der Waals surface area (Å²) < 4.78 is 0. The predicted molar refractivity (Wildman–Crippen MR) is 113 cm³/mol. The summed E-state index contributed by atoms with van der Waals surface area (Å²) in [6.45, 7) is 0. The van der Waals surface area contributed by atoms with Gasteiger partial charge in [-0.05, 0) is 42.0 Å². The number of hydrogen-bond acceptors (Lipinski definition) is 6. The number of benzene rings is 3. The largest absolute Gasteiger partial charge is 0.378 e. The average molecular weight is 417 g/mol. The SMILES string of the molecule is O=C1ONN(c2ccccc2)/C1=C1\CC(c2ccc(Cl)cc2)N=c2ccccc2=N1. The molecule has 5 rings (SSSR count). The minimum Gasteiger partial charge on any atom is -0.345 e. The first kappa shape index (κ1) is 18.5. The van der Waals surface area contributed by atoms with E-state index in [-0.39, 0.29) is 6.04 Å². The number of halogens is 1. The Balaban J connectivity index is 1.70. The average Bonchev–Trinajstić information content (AvgIpc) is 3.05. The van der Waals surface area contributed by atoms with E-state index in [2.05, 4.69) is 5.59 Å². The number of nitrogens with one attached hydrogen (secondary N) is 1. The molecule has 0 spiro atoms. The fraction of sp³-hybridized carbons (Fsp3) is 0.0870. The molecule has 2 aliphatic heterocycles. The van der Waals surface area contributed by atoms with Crippen molar-refractivity contribution < 1.29 is 9.63 Å². The van der Waals surface area contributed by atoms with Gasteiger partial charge in [0.25, 0.3) is 0 Å². The number of para-hydroxylation sites is 3. The van der Waals surface area contributed by atoms with Crippen LogP contribution in [0.3, 0.4) is 0 Å². The highest BCUT2D eigenvalue weighted by Gasteiger charge is 2.34. The maximum Gasteiger partial charge on any atom is 0.378 e. The van der Waals surface area contributed by atoms with Crippen LogP contribution in [-0.2, 0) is 9.63 Å². The van der Waals surface area contributed by atoms with Crippen LogP contribution < -0.4 is 21.3 Å². The van der Waals surface area contributed by atoms with Crippen molar-refractivity contribution in [3.05, 3.63) is 112 Å². The molecule has 1 saturated heterocycles. The molecule has 7 heteroatoms. The monoisotopic (exact) mass is 416 g/mol. The minimum absolute atomic E-state index is 0.219. The quantitative estimate of drug-likeness (QED) is 0.650. The van der Waals surface area contributed by atoms with Crippen molar-refractivity contribution >= 4 is 23.3 Å². The van der Waals surface area contributed by atoms with Crippen molar-refractivity contribution in [1.82, 2.24) is 5.59 Å². The summed E-state index contributed by atoms with van der Waals surface area (Å²) >= 11 is 6.07. The Morgan fingerprint density at radius 2 is 1.63 bits per heavy atom. The van der Waals surface area contributed by atoms with Gasteiger partial charge in [-0.15, -0.1) is 0 Å². The van der Waals surface area contributed by atoms with E-state index < -0.39 is 5.97 Å². The standard InChI is InChI=1S/C23H17ClN4O2/c24-16-12-10-15(11-13-16)20-14-21(26-19-9-5-4-8-18(19)25-20)22-23(29)30-27-28(22)17-6-2-1-3-7-17/h1-13,20,27H,14H2/b22-21+. The van der Waals surface area contributed by atoms with Gasteiger partial charge < -0.3 is 4.84 Å². The molecule has 0 bridgehead atoms. The van der Waals surface area contributed by atoms with Crippen molar-refractivity contribution in [2.75, 3.05) is 5.01 Å². The summed E-state index contributed by atoms with van der Waals surface area (Å²) in [6, 6.07) is 24.5. The lowest BCUT2D eigenvalue weighted by molar-refractivity contribution is -0.140. The van der Waals surface area contributed by atoms with Crippen LogP contribution in [0, 0.1) is 0 Å². The fourth-order valence-electron chi connectivity index (χ4n) is 3.56. The van der Waals surface area contributed by atoms with Crippen LogP contribution in [0.1, 0.15) is 18.0 Å². The molecule has 1 fully saturated rings. The van der Waals surface area contributed by atoms with E-state index in [1.54, 1.807) is 5.01 Å². The van der Waals surface area contributed by atoms with Gasteiger partial charge in [0, 0.05) is 11.4 Å². The maximum atomic E-state index is 12.7. The minimum atomic E-state index is -0.480. The van der Waals surface area contributed by atoms with Gasteiger partial charge in [0.2, 0.25) is 0 Å². The van der Waals surface area contributed by atoms with E-state index in [1.807, 2.05) is 78.9 Å². The number of hydrazine groups is 1. The number of hydrogen-bond donors (Lipinski definition) is 1. The molecule has 2 aliphatic rings. The first-order valence-corrected chi connectivity index (χ1v) is 9.89. The van der Waals surface area contributed by atoms with Gasteiger partial charge in [-0.2, -0.15) is 0 Å². The fourth-order valence-corrected chi connectivity index (χ4v) is 3.69. The molecule has 0 aromatic heterocycles. The Bertz CT molecular complexity index is 1260. The van der Waals surface area contributed by atoms with Crippen molar-refractivity contribution in [2.45, 2.75) is 12.5 Å². The van der Waals surface area contributed by atoms with Crippen LogP contribution in [0.2, 0.25) is 5.02 Å². The van der Waals surface area contributed by atoms with Gasteiger partial charge in [-0.25, -0.2) is 14.8 Å². The van der Waals surface area contributed by atoms with Crippen LogP contribution in [-0.4, -0.2) is 5.97 Å². The number of anilines is 1.